The Bertz CT molecular complexity index is 937. The van der Waals surface area contributed by atoms with E-state index in [9.17, 15) is 63.2 Å². The fourth-order valence-electron chi connectivity index (χ4n) is 2.66. The second-order valence-electron chi connectivity index (χ2n) is 6.36. The van der Waals surface area contributed by atoms with E-state index in [4.69, 9.17) is 11.6 Å². The average Bonchev–Trinajstić information content (AvgIpc) is 2.61. The van der Waals surface area contributed by atoms with Crippen LogP contribution >= 0.6 is 11.6 Å². The minimum atomic E-state index is -7.46. The van der Waals surface area contributed by atoms with Crippen molar-refractivity contribution in [3.8, 4) is 0 Å². The predicted molar refractivity (Wildman–Crippen MR) is 80.0 cm³/mol. The Morgan fingerprint density at radius 1 is 0.871 bits per heavy atom. The summed E-state index contributed by atoms with van der Waals surface area (Å²) in [7, 11) is 0. The molecular weight excluding hydrogens is 489 g/mol. The number of hydrogen-bond donors (Lipinski definition) is 1. The van der Waals surface area contributed by atoms with Crippen LogP contribution < -0.4 is 5.32 Å². The van der Waals surface area contributed by atoms with Crippen molar-refractivity contribution in [2.75, 3.05) is 5.32 Å². The molecule has 31 heavy (non-hydrogen) atoms. The van der Waals surface area contributed by atoms with Crippen LogP contribution in [-0.2, 0) is 4.79 Å². The standard InChI is InChI=1S/C14H6ClF11N2O3/c1-4-2-7(28(30)31)5(15)3-6(4)27-8(29)9(16)10(17,18)12(21,22)14(25,26)13(23,24)11(9,19)20/h2-3H,1H3,(H,27,29). The highest BCUT2D eigenvalue weighted by Crippen LogP contribution is 2.69. The molecule has 2 rings (SSSR count). The molecule has 0 aromatic heterocycles. The maximum atomic E-state index is 14.6. The minimum Gasteiger partial charge on any atom is -0.323 e. The lowest BCUT2D eigenvalue weighted by atomic mass is 9.71. The molecule has 5 nitrogen and oxygen atoms in total. The van der Waals surface area contributed by atoms with Gasteiger partial charge in [0.1, 0.15) is 5.02 Å². The Hall–Kier alpha value is -2.39. The first-order valence-corrected chi connectivity index (χ1v) is 7.84. The van der Waals surface area contributed by atoms with E-state index >= 15 is 0 Å². The van der Waals surface area contributed by atoms with Crippen LogP contribution in [-0.4, -0.2) is 46.1 Å². The number of halogens is 12. The number of rotatable bonds is 3. The van der Waals surface area contributed by atoms with Crippen LogP contribution in [0.25, 0.3) is 0 Å². The Morgan fingerprint density at radius 2 is 1.26 bits per heavy atom. The molecule has 0 radical (unpaired) electrons. The molecule has 1 aromatic rings. The van der Waals surface area contributed by atoms with E-state index in [0.29, 0.717) is 12.1 Å². The molecule has 0 spiro atoms. The van der Waals surface area contributed by atoms with E-state index in [-0.39, 0.29) is 0 Å². The number of anilines is 1. The van der Waals surface area contributed by atoms with Gasteiger partial charge in [-0.1, -0.05) is 11.6 Å². The first kappa shape index (κ1) is 24.9. The molecule has 0 aliphatic heterocycles. The maximum absolute atomic E-state index is 14.6. The van der Waals surface area contributed by atoms with Gasteiger partial charge < -0.3 is 5.32 Å². The van der Waals surface area contributed by atoms with Crippen molar-refractivity contribution in [1.82, 2.24) is 0 Å². The molecule has 1 amide bonds. The molecule has 1 aliphatic carbocycles. The summed E-state index contributed by atoms with van der Waals surface area (Å²) in [6, 6.07) is 0.803. The summed E-state index contributed by atoms with van der Waals surface area (Å²) < 4.78 is 150. The minimum absolute atomic E-state index is 0.306. The molecule has 0 bridgehead atoms. The molecule has 0 saturated heterocycles. The zero-order valence-corrected chi connectivity index (χ0v) is 15.1. The number of amides is 1. The fourth-order valence-corrected chi connectivity index (χ4v) is 2.89. The van der Waals surface area contributed by atoms with Crippen molar-refractivity contribution < 1.29 is 58.0 Å². The number of aryl methyl sites for hydroxylation is 1. The molecular formula is C14H6ClF11N2O3. The van der Waals surface area contributed by atoms with Gasteiger partial charge >= 0.3 is 35.3 Å². The summed E-state index contributed by atoms with van der Waals surface area (Å²) in [6.07, 6.45) is 0. The van der Waals surface area contributed by atoms with E-state index in [1.54, 1.807) is 0 Å². The topological polar surface area (TPSA) is 72.2 Å². The molecule has 1 N–H and O–H groups in total. The van der Waals surface area contributed by atoms with Gasteiger partial charge in [0.25, 0.3) is 11.6 Å². The number of benzene rings is 1. The smallest absolute Gasteiger partial charge is 0.323 e. The number of nitrogens with zero attached hydrogens (tertiary/aromatic N) is 1. The van der Waals surface area contributed by atoms with Crippen molar-refractivity contribution in [3.63, 3.8) is 0 Å². The first-order valence-electron chi connectivity index (χ1n) is 7.47. The number of carbonyl (C=O) groups is 1. The van der Waals surface area contributed by atoms with Gasteiger partial charge in [-0.25, -0.2) is 4.39 Å². The number of nitro groups is 1. The molecule has 1 aliphatic rings. The van der Waals surface area contributed by atoms with Crippen LogP contribution in [0.2, 0.25) is 5.02 Å². The molecule has 1 fully saturated rings. The number of hydrogen-bond acceptors (Lipinski definition) is 3. The predicted octanol–water partition coefficient (Wildman–Crippen LogP) is 5.39. The summed E-state index contributed by atoms with van der Waals surface area (Å²) in [5.74, 6) is -40.6. The van der Waals surface area contributed by atoms with Gasteiger partial charge in [-0.3, -0.25) is 14.9 Å². The van der Waals surface area contributed by atoms with Gasteiger partial charge in [0.05, 0.1) is 4.92 Å². The Balaban J connectivity index is 2.69. The Labute approximate surface area is 168 Å². The van der Waals surface area contributed by atoms with E-state index in [1.165, 1.54) is 0 Å². The van der Waals surface area contributed by atoms with Gasteiger partial charge in [0.15, 0.2) is 0 Å². The highest BCUT2D eigenvalue weighted by atomic mass is 35.5. The average molecular weight is 495 g/mol. The van der Waals surface area contributed by atoms with Crippen molar-refractivity contribution in [2.45, 2.75) is 42.2 Å². The maximum Gasteiger partial charge on any atom is 0.384 e. The van der Waals surface area contributed by atoms with E-state index in [2.05, 4.69) is 0 Å². The highest BCUT2D eigenvalue weighted by Gasteiger charge is 3.02. The van der Waals surface area contributed by atoms with E-state index in [0.717, 1.165) is 12.2 Å². The molecule has 1 aromatic carbocycles. The van der Waals surface area contributed by atoms with Crippen LogP contribution in [0.1, 0.15) is 5.56 Å². The summed E-state index contributed by atoms with van der Waals surface area (Å²) in [4.78, 5) is 21.5. The number of nitrogens with one attached hydrogen (secondary N) is 1. The molecule has 0 atom stereocenters. The van der Waals surface area contributed by atoms with Crippen molar-refractivity contribution in [1.29, 1.82) is 0 Å². The fraction of sp³-hybridized carbons (Fsp3) is 0.500. The van der Waals surface area contributed by atoms with Gasteiger partial charge in [0, 0.05) is 11.8 Å². The Morgan fingerprint density at radius 3 is 1.65 bits per heavy atom. The van der Waals surface area contributed by atoms with Crippen molar-refractivity contribution in [3.05, 3.63) is 32.8 Å². The summed E-state index contributed by atoms with van der Waals surface area (Å²) in [6.45, 7) is 0.832. The van der Waals surface area contributed by atoms with Crippen LogP contribution in [0.5, 0.6) is 0 Å². The largest absolute Gasteiger partial charge is 0.384 e. The van der Waals surface area contributed by atoms with E-state index in [1.807, 2.05) is 0 Å². The normalized spacial score (nSPS) is 24.3. The molecule has 0 unspecified atom stereocenters. The lowest BCUT2D eigenvalue weighted by Crippen LogP contribution is -2.86. The van der Waals surface area contributed by atoms with Crippen molar-refractivity contribution in [2.24, 2.45) is 0 Å². The summed E-state index contributed by atoms with van der Waals surface area (Å²) in [5.41, 5.74) is -9.43. The van der Waals surface area contributed by atoms with Gasteiger partial charge in [0.2, 0.25) is 0 Å². The third-order valence-electron chi connectivity index (χ3n) is 4.49. The second-order valence-corrected chi connectivity index (χ2v) is 6.77. The molecule has 0 heterocycles. The van der Waals surface area contributed by atoms with E-state index < -0.39 is 68.1 Å². The monoisotopic (exact) mass is 494 g/mol. The molecule has 1 saturated carbocycles. The molecule has 174 valence electrons. The summed E-state index contributed by atoms with van der Waals surface area (Å²) >= 11 is 5.42. The van der Waals surface area contributed by atoms with Crippen LogP contribution in [0.15, 0.2) is 12.1 Å². The SMILES string of the molecule is Cc1cc([N+](=O)[O-])c(Cl)cc1NC(=O)C1(F)C(F)(F)C(F)(F)C(F)(F)C(F)(F)C1(F)F. The number of alkyl halides is 11. The van der Waals surface area contributed by atoms with Gasteiger partial charge in [-0.15, -0.1) is 0 Å². The molecule has 17 heteroatoms. The third kappa shape index (κ3) is 2.72. The van der Waals surface area contributed by atoms with Gasteiger partial charge in [-0.05, 0) is 18.6 Å². The summed E-state index contributed by atoms with van der Waals surface area (Å²) in [5, 5.41) is 10.7. The first-order chi connectivity index (χ1) is 13.6. The zero-order valence-electron chi connectivity index (χ0n) is 14.4. The number of nitro benzene ring substituents is 1. The highest BCUT2D eigenvalue weighted by molar-refractivity contribution is 6.33. The van der Waals surface area contributed by atoms with Crippen molar-refractivity contribution >= 4 is 28.9 Å². The lowest BCUT2D eigenvalue weighted by molar-refractivity contribution is -0.475. The lowest BCUT2D eigenvalue weighted by Gasteiger charge is -2.51. The Kier molecular flexibility index (Phi) is 5.26. The van der Waals surface area contributed by atoms with Crippen LogP contribution in [0.4, 0.5) is 59.7 Å². The third-order valence-corrected chi connectivity index (χ3v) is 4.80. The van der Waals surface area contributed by atoms with Gasteiger partial charge in [-0.2, -0.15) is 43.9 Å². The quantitative estimate of drug-likeness (QED) is 0.348. The van der Waals surface area contributed by atoms with Crippen LogP contribution in [0.3, 0.4) is 0 Å². The van der Waals surface area contributed by atoms with Crippen LogP contribution in [0, 0.1) is 17.0 Å². The number of carbonyl (C=O) groups excluding carboxylic acids is 1. The zero-order chi connectivity index (χ0) is 24.6. The second kappa shape index (κ2) is 6.56.